The van der Waals surface area contributed by atoms with Crippen LogP contribution >= 0.6 is 0 Å². The van der Waals surface area contributed by atoms with Crippen molar-refractivity contribution in [3.8, 4) is 5.75 Å². The lowest BCUT2D eigenvalue weighted by atomic mass is 10.1. The molecule has 0 heterocycles. The van der Waals surface area contributed by atoms with Gasteiger partial charge < -0.3 is 9.47 Å². The van der Waals surface area contributed by atoms with Crippen molar-refractivity contribution in [2.75, 3.05) is 7.11 Å². The summed E-state index contributed by atoms with van der Waals surface area (Å²) >= 11 is 0. The highest BCUT2D eigenvalue weighted by Gasteiger charge is 2.18. The van der Waals surface area contributed by atoms with Crippen molar-refractivity contribution in [3.05, 3.63) is 64.7 Å². The van der Waals surface area contributed by atoms with Gasteiger partial charge in [0, 0.05) is 0 Å². The van der Waals surface area contributed by atoms with Gasteiger partial charge in [0.25, 0.3) is 0 Å². The molecule has 0 radical (unpaired) electrons. The molecule has 2 aromatic rings. The molecular formula is C18H18O4. The van der Waals surface area contributed by atoms with Crippen molar-refractivity contribution >= 4 is 11.9 Å². The van der Waals surface area contributed by atoms with Crippen LogP contribution in [0.25, 0.3) is 0 Å². The van der Waals surface area contributed by atoms with E-state index in [1.54, 1.807) is 25.1 Å². The fraction of sp³-hybridized carbons (Fsp3) is 0.222. The van der Waals surface area contributed by atoms with Gasteiger partial charge in [-0.05, 0) is 36.6 Å². The summed E-state index contributed by atoms with van der Waals surface area (Å²) in [6, 6.07) is 12.7. The number of methoxy groups -OCH3 is 1. The van der Waals surface area contributed by atoms with Crippen molar-refractivity contribution in [1.82, 2.24) is 0 Å². The number of hydrogen-bond acceptors (Lipinski definition) is 4. The number of aryl methyl sites for hydroxylation is 2. The van der Waals surface area contributed by atoms with E-state index in [-0.39, 0.29) is 17.7 Å². The Morgan fingerprint density at radius 1 is 0.955 bits per heavy atom. The SMILES string of the molecule is COC(=O)c1cccc(C)c1OC(=O)Cc1ccccc1C. The Labute approximate surface area is 129 Å². The molecule has 2 rings (SSSR count). The highest BCUT2D eigenvalue weighted by atomic mass is 16.5. The minimum absolute atomic E-state index is 0.154. The zero-order valence-corrected chi connectivity index (χ0v) is 12.9. The van der Waals surface area contributed by atoms with Gasteiger partial charge in [0.15, 0.2) is 0 Å². The van der Waals surface area contributed by atoms with Gasteiger partial charge in [-0.3, -0.25) is 4.79 Å². The molecular weight excluding hydrogens is 280 g/mol. The van der Waals surface area contributed by atoms with Gasteiger partial charge >= 0.3 is 11.9 Å². The summed E-state index contributed by atoms with van der Waals surface area (Å²) < 4.78 is 10.1. The maximum absolute atomic E-state index is 12.2. The molecule has 0 unspecified atom stereocenters. The predicted octanol–water partition coefficient (Wildman–Crippen LogP) is 3.24. The van der Waals surface area contributed by atoms with Gasteiger partial charge in [0.2, 0.25) is 0 Å². The lowest BCUT2D eigenvalue weighted by molar-refractivity contribution is -0.133. The van der Waals surface area contributed by atoms with Crippen LogP contribution in [0.15, 0.2) is 42.5 Å². The first kappa shape index (κ1) is 15.8. The molecule has 0 spiro atoms. The predicted molar refractivity (Wildman–Crippen MR) is 83.0 cm³/mol. The van der Waals surface area contributed by atoms with Crippen LogP contribution in [0.2, 0.25) is 0 Å². The van der Waals surface area contributed by atoms with Gasteiger partial charge in [-0.2, -0.15) is 0 Å². The van der Waals surface area contributed by atoms with Gasteiger partial charge in [0.1, 0.15) is 11.3 Å². The molecule has 114 valence electrons. The van der Waals surface area contributed by atoms with E-state index in [2.05, 4.69) is 0 Å². The summed E-state index contributed by atoms with van der Waals surface area (Å²) in [5.41, 5.74) is 2.89. The molecule has 0 amide bonds. The Morgan fingerprint density at radius 3 is 2.32 bits per heavy atom. The number of carbonyl (C=O) groups excluding carboxylic acids is 2. The van der Waals surface area contributed by atoms with Crippen LogP contribution in [0.5, 0.6) is 5.75 Å². The van der Waals surface area contributed by atoms with Crippen molar-refractivity contribution in [1.29, 1.82) is 0 Å². The second-order valence-electron chi connectivity index (χ2n) is 5.02. The second kappa shape index (κ2) is 6.89. The van der Waals surface area contributed by atoms with E-state index in [1.807, 2.05) is 31.2 Å². The quantitative estimate of drug-likeness (QED) is 0.642. The number of benzene rings is 2. The van der Waals surface area contributed by atoms with E-state index in [0.717, 1.165) is 11.1 Å². The molecule has 0 atom stereocenters. The van der Waals surface area contributed by atoms with Gasteiger partial charge in [-0.1, -0.05) is 36.4 Å². The molecule has 0 N–H and O–H groups in total. The van der Waals surface area contributed by atoms with Crippen LogP contribution in [-0.4, -0.2) is 19.0 Å². The Bertz CT molecular complexity index is 704. The number of ether oxygens (including phenoxy) is 2. The Balaban J connectivity index is 2.22. The summed E-state index contributed by atoms with van der Waals surface area (Å²) in [7, 11) is 1.30. The monoisotopic (exact) mass is 298 g/mol. The second-order valence-corrected chi connectivity index (χ2v) is 5.02. The third-order valence-corrected chi connectivity index (χ3v) is 3.43. The van der Waals surface area contributed by atoms with Crippen LogP contribution in [0.1, 0.15) is 27.0 Å². The lowest BCUT2D eigenvalue weighted by Crippen LogP contribution is -2.15. The third kappa shape index (κ3) is 3.52. The highest BCUT2D eigenvalue weighted by molar-refractivity contribution is 5.94. The van der Waals surface area contributed by atoms with Crippen LogP contribution in [0.3, 0.4) is 0 Å². The fourth-order valence-corrected chi connectivity index (χ4v) is 2.17. The van der Waals surface area contributed by atoms with Gasteiger partial charge in [-0.15, -0.1) is 0 Å². The average Bonchev–Trinajstić information content (AvgIpc) is 2.51. The van der Waals surface area contributed by atoms with E-state index >= 15 is 0 Å². The molecule has 4 nitrogen and oxygen atoms in total. The summed E-state index contributed by atoms with van der Waals surface area (Å²) in [6.45, 7) is 3.72. The molecule has 4 heteroatoms. The van der Waals surface area contributed by atoms with Crippen LogP contribution in [0, 0.1) is 13.8 Å². The van der Waals surface area contributed by atoms with Crippen molar-refractivity contribution in [2.45, 2.75) is 20.3 Å². The normalized spacial score (nSPS) is 10.1. The van der Waals surface area contributed by atoms with E-state index in [0.29, 0.717) is 5.56 Å². The Hall–Kier alpha value is -2.62. The molecule has 2 aromatic carbocycles. The minimum atomic E-state index is -0.526. The molecule has 0 aliphatic rings. The van der Waals surface area contributed by atoms with Gasteiger partial charge in [-0.25, -0.2) is 4.79 Å². The zero-order valence-electron chi connectivity index (χ0n) is 12.9. The molecule has 0 aliphatic carbocycles. The average molecular weight is 298 g/mol. The molecule has 0 aromatic heterocycles. The molecule has 0 saturated heterocycles. The number of esters is 2. The number of para-hydroxylation sites is 1. The van der Waals surface area contributed by atoms with E-state index < -0.39 is 11.9 Å². The molecule has 0 bridgehead atoms. The first-order valence-electron chi connectivity index (χ1n) is 6.96. The lowest BCUT2D eigenvalue weighted by Gasteiger charge is -2.12. The van der Waals surface area contributed by atoms with Crippen molar-refractivity contribution in [3.63, 3.8) is 0 Å². The molecule has 22 heavy (non-hydrogen) atoms. The molecule has 0 saturated carbocycles. The zero-order chi connectivity index (χ0) is 16.1. The van der Waals surface area contributed by atoms with Crippen molar-refractivity contribution in [2.24, 2.45) is 0 Å². The maximum atomic E-state index is 12.2. The third-order valence-electron chi connectivity index (χ3n) is 3.43. The van der Waals surface area contributed by atoms with E-state index in [9.17, 15) is 9.59 Å². The number of carbonyl (C=O) groups is 2. The Morgan fingerprint density at radius 2 is 1.64 bits per heavy atom. The minimum Gasteiger partial charge on any atom is -0.465 e. The fourth-order valence-electron chi connectivity index (χ4n) is 2.17. The molecule has 0 fully saturated rings. The topological polar surface area (TPSA) is 52.6 Å². The molecule has 0 aliphatic heterocycles. The van der Waals surface area contributed by atoms with Crippen LogP contribution < -0.4 is 4.74 Å². The largest absolute Gasteiger partial charge is 0.465 e. The number of rotatable bonds is 4. The first-order chi connectivity index (χ1) is 10.5. The van der Waals surface area contributed by atoms with Crippen LogP contribution in [-0.2, 0) is 16.0 Å². The van der Waals surface area contributed by atoms with E-state index in [1.165, 1.54) is 7.11 Å². The van der Waals surface area contributed by atoms with Crippen molar-refractivity contribution < 1.29 is 19.1 Å². The number of hydrogen-bond donors (Lipinski definition) is 0. The smallest absolute Gasteiger partial charge is 0.341 e. The maximum Gasteiger partial charge on any atom is 0.341 e. The first-order valence-corrected chi connectivity index (χ1v) is 6.96. The van der Waals surface area contributed by atoms with Crippen LogP contribution in [0.4, 0.5) is 0 Å². The highest BCUT2D eigenvalue weighted by Crippen LogP contribution is 2.25. The van der Waals surface area contributed by atoms with E-state index in [4.69, 9.17) is 9.47 Å². The standard InChI is InChI=1S/C18H18O4/c1-12-7-4-5-9-14(12)11-16(19)22-17-13(2)8-6-10-15(17)18(20)21-3/h4-10H,11H2,1-3H3. The Kier molecular flexibility index (Phi) is 4.94. The summed E-state index contributed by atoms with van der Waals surface area (Å²) in [6.07, 6.45) is 0.154. The summed E-state index contributed by atoms with van der Waals surface area (Å²) in [5.74, 6) is -0.677. The van der Waals surface area contributed by atoms with Gasteiger partial charge in [0.05, 0.1) is 13.5 Å². The summed E-state index contributed by atoms with van der Waals surface area (Å²) in [4.78, 5) is 23.9. The summed E-state index contributed by atoms with van der Waals surface area (Å²) in [5, 5.41) is 0.